The number of aromatic amines is 1. The number of nitrogens with zero attached hydrogens (tertiary/aromatic N) is 3. The maximum absolute atomic E-state index is 12.6. The molecule has 0 bridgehead atoms. The van der Waals surface area contributed by atoms with Crippen molar-refractivity contribution in [1.29, 1.82) is 0 Å². The fourth-order valence-corrected chi connectivity index (χ4v) is 2.88. The molecule has 0 spiro atoms. The molecule has 1 aromatic heterocycles. The number of aryl methyl sites for hydroxylation is 1. The van der Waals surface area contributed by atoms with Crippen LogP contribution in [-0.4, -0.2) is 58.6 Å². The smallest absolute Gasteiger partial charge is 0.274 e. The quantitative estimate of drug-likeness (QED) is 0.940. The van der Waals surface area contributed by atoms with Gasteiger partial charge in [-0.1, -0.05) is 42.5 Å². The first-order chi connectivity index (χ1) is 11.6. The highest BCUT2D eigenvalue weighted by Crippen LogP contribution is 2.13. The first-order valence-corrected chi connectivity index (χ1v) is 8.40. The van der Waals surface area contributed by atoms with Crippen LogP contribution in [0.25, 0.3) is 6.08 Å². The molecule has 0 radical (unpaired) electrons. The molecule has 0 unspecified atom stereocenters. The van der Waals surface area contributed by atoms with Gasteiger partial charge in [-0.2, -0.15) is 5.10 Å². The lowest BCUT2D eigenvalue weighted by Gasteiger charge is -2.33. The molecule has 2 heterocycles. The Morgan fingerprint density at radius 3 is 2.50 bits per heavy atom. The van der Waals surface area contributed by atoms with Crippen molar-refractivity contribution >= 4 is 12.0 Å². The number of hydrogen-bond donors (Lipinski definition) is 1. The SMILES string of the molecule is Cc1[nH]nc(C(=O)N2CCN(C/C=C/c3ccccc3)CC2)c1C. The molecule has 2 aromatic rings. The number of carbonyl (C=O) groups excluding carboxylic acids is 1. The van der Waals surface area contributed by atoms with Crippen molar-refractivity contribution in [2.75, 3.05) is 32.7 Å². The van der Waals surface area contributed by atoms with E-state index in [0.717, 1.165) is 44.0 Å². The third kappa shape index (κ3) is 3.74. The third-order valence-electron chi connectivity index (χ3n) is 4.59. The summed E-state index contributed by atoms with van der Waals surface area (Å²) >= 11 is 0. The molecule has 0 atom stereocenters. The van der Waals surface area contributed by atoms with E-state index >= 15 is 0 Å². The van der Waals surface area contributed by atoms with Gasteiger partial charge in [-0.05, 0) is 19.4 Å². The van der Waals surface area contributed by atoms with Gasteiger partial charge in [0.15, 0.2) is 5.69 Å². The summed E-state index contributed by atoms with van der Waals surface area (Å²) in [4.78, 5) is 16.8. The second-order valence-electron chi connectivity index (χ2n) is 6.23. The second kappa shape index (κ2) is 7.45. The Morgan fingerprint density at radius 2 is 1.88 bits per heavy atom. The van der Waals surface area contributed by atoms with Gasteiger partial charge in [0.05, 0.1) is 0 Å². The molecule has 1 amide bonds. The summed E-state index contributed by atoms with van der Waals surface area (Å²) in [6, 6.07) is 10.3. The Kier molecular flexibility index (Phi) is 5.11. The fraction of sp³-hybridized carbons (Fsp3) is 0.368. The monoisotopic (exact) mass is 324 g/mol. The molecule has 126 valence electrons. The van der Waals surface area contributed by atoms with Gasteiger partial charge in [0.25, 0.3) is 5.91 Å². The lowest BCUT2D eigenvalue weighted by atomic mass is 10.2. The van der Waals surface area contributed by atoms with E-state index in [2.05, 4.69) is 39.4 Å². The molecule has 24 heavy (non-hydrogen) atoms. The van der Waals surface area contributed by atoms with Crippen molar-refractivity contribution in [2.24, 2.45) is 0 Å². The Balaban J connectivity index is 1.50. The van der Waals surface area contributed by atoms with Crippen LogP contribution in [0, 0.1) is 13.8 Å². The average molecular weight is 324 g/mol. The van der Waals surface area contributed by atoms with Crippen LogP contribution in [0.4, 0.5) is 0 Å². The highest BCUT2D eigenvalue weighted by molar-refractivity contribution is 5.94. The molecule has 1 saturated heterocycles. The van der Waals surface area contributed by atoms with Crippen LogP contribution in [0.1, 0.15) is 27.3 Å². The van der Waals surface area contributed by atoms with Crippen molar-refractivity contribution in [1.82, 2.24) is 20.0 Å². The fourth-order valence-electron chi connectivity index (χ4n) is 2.88. The Bertz CT molecular complexity index is 712. The Labute approximate surface area is 143 Å². The average Bonchev–Trinajstić information content (AvgIpc) is 2.95. The summed E-state index contributed by atoms with van der Waals surface area (Å²) in [5.74, 6) is 0.0383. The van der Waals surface area contributed by atoms with Gasteiger partial charge < -0.3 is 4.90 Å². The van der Waals surface area contributed by atoms with Crippen molar-refractivity contribution in [3.8, 4) is 0 Å². The maximum atomic E-state index is 12.6. The largest absolute Gasteiger partial charge is 0.335 e. The number of hydrogen-bond acceptors (Lipinski definition) is 3. The van der Waals surface area contributed by atoms with E-state index in [1.807, 2.05) is 36.9 Å². The molecule has 0 saturated carbocycles. The van der Waals surface area contributed by atoms with Crippen LogP contribution in [0.3, 0.4) is 0 Å². The number of piperazine rings is 1. The van der Waals surface area contributed by atoms with E-state index in [1.165, 1.54) is 5.56 Å². The van der Waals surface area contributed by atoms with Gasteiger partial charge in [-0.25, -0.2) is 0 Å². The van der Waals surface area contributed by atoms with E-state index in [1.54, 1.807) is 0 Å². The zero-order chi connectivity index (χ0) is 16.9. The molecular weight excluding hydrogens is 300 g/mol. The van der Waals surface area contributed by atoms with Crippen molar-refractivity contribution in [3.63, 3.8) is 0 Å². The summed E-state index contributed by atoms with van der Waals surface area (Å²) in [6.07, 6.45) is 4.33. The zero-order valence-electron chi connectivity index (χ0n) is 14.3. The lowest BCUT2D eigenvalue weighted by molar-refractivity contribution is 0.0643. The number of amides is 1. The summed E-state index contributed by atoms with van der Waals surface area (Å²) in [5, 5.41) is 7.04. The first-order valence-electron chi connectivity index (χ1n) is 8.40. The molecule has 1 fully saturated rings. The maximum Gasteiger partial charge on any atom is 0.274 e. The summed E-state index contributed by atoms with van der Waals surface area (Å²) in [7, 11) is 0. The van der Waals surface area contributed by atoms with Crippen LogP contribution >= 0.6 is 0 Å². The van der Waals surface area contributed by atoms with Crippen LogP contribution in [-0.2, 0) is 0 Å². The molecule has 5 nitrogen and oxygen atoms in total. The molecule has 1 aliphatic heterocycles. The van der Waals surface area contributed by atoms with E-state index in [0.29, 0.717) is 5.69 Å². The normalized spacial score (nSPS) is 16.0. The van der Waals surface area contributed by atoms with Gasteiger partial charge in [0.1, 0.15) is 0 Å². The van der Waals surface area contributed by atoms with E-state index in [9.17, 15) is 4.79 Å². The topological polar surface area (TPSA) is 52.2 Å². The molecule has 1 aliphatic rings. The summed E-state index contributed by atoms with van der Waals surface area (Å²) in [6.45, 7) is 8.09. The molecule has 0 aliphatic carbocycles. The number of H-pyrrole nitrogens is 1. The third-order valence-corrected chi connectivity index (χ3v) is 4.59. The van der Waals surface area contributed by atoms with Crippen molar-refractivity contribution in [3.05, 3.63) is 58.9 Å². The minimum atomic E-state index is 0.0383. The minimum absolute atomic E-state index is 0.0383. The minimum Gasteiger partial charge on any atom is -0.335 e. The van der Waals surface area contributed by atoms with E-state index in [4.69, 9.17) is 0 Å². The zero-order valence-corrected chi connectivity index (χ0v) is 14.3. The van der Waals surface area contributed by atoms with Crippen LogP contribution < -0.4 is 0 Å². The van der Waals surface area contributed by atoms with Crippen LogP contribution in [0.2, 0.25) is 0 Å². The first kappa shape index (κ1) is 16.5. The van der Waals surface area contributed by atoms with Gasteiger partial charge >= 0.3 is 0 Å². The standard InChI is InChI=1S/C19H24N4O/c1-15-16(2)20-21-18(15)19(24)23-13-11-22(12-14-23)10-6-9-17-7-4-3-5-8-17/h3-9H,10-14H2,1-2H3,(H,20,21)/b9-6+. The summed E-state index contributed by atoms with van der Waals surface area (Å²) in [5.41, 5.74) is 3.69. The number of aromatic nitrogens is 2. The van der Waals surface area contributed by atoms with Gasteiger partial charge in [-0.3, -0.25) is 14.8 Å². The molecule has 5 heteroatoms. The number of nitrogens with one attached hydrogen (secondary N) is 1. The second-order valence-corrected chi connectivity index (χ2v) is 6.23. The Hall–Kier alpha value is -2.40. The van der Waals surface area contributed by atoms with Gasteiger partial charge in [-0.15, -0.1) is 0 Å². The summed E-state index contributed by atoms with van der Waals surface area (Å²) < 4.78 is 0. The van der Waals surface area contributed by atoms with E-state index in [-0.39, 0.29) is 5.91 Å². The van der Waals surface area contributed by atoms with Gasteiger partial charge in [0, 0.05) is 44.0 Å². The van der Waals surface area contributed by atoms with Crippen LogP contribution in [0.5, 0.6) is 0 Å². The van der Waals surface area contributed by atoms with Crippen LogP contribution in [0.15, 0.2) is 36.4 Å². The predicted octanol–water partition coefficient (Wildman–Crippen LogP) is 2.50. The highest BCUT2D eigenvalue weighted by Gasteiger charge is 2.24. The van der Waals surface area contributed by atoms with Gasteiger partial charge in [0.2, 0.25) is 0 Å². The molecule has 1 aromatic carbocycles. The van der Waals surface area contributed by atoms with Crippen molar-refractivity contribution in [2.45, 2.75) is 13.8 Å². The number of benzene rings is 1. The lowest BCUT2D eigenvalue weighted by Crippen LogP contribution is -2.48. The molecular formula is C19H24N4O. The van der Waals surface area contributed by atoms with E-state index < -0.39 is 0 Å². The Morgan fingerprint density at radius 1 is 1.17 bits per heavy atom. The predicted molar refractivity (Wildman–Crippen MR) is 95.9 cm³/mol. The molecule has 1 N–H and O–H groups in total. The number of rotatable bonds is 4. The van der Waals surface area contributed by atoms with Crippen molar-refractivity contribution < 1.29 is 4.79 Å². The highest BCUT2D eigenvalue weighted by atomic mass is 16.2. The molecule has 3 rings (SSSR count). The number of carbonyl (C=O) groups is 1.